The SMILES string of the molecule is Cc1c(O)cc(N2CCC[N+]3=C2CCCCC3)c(O)c1C. The molecule has 114 valence electrons. The summed E-state index contributed by atoms with van der Waals surface area (Å²) in [7, 11) is 0. The molecule has 4 nitrogen and oxygen atoms in total. The fourth-order valence-corrected chi connectivity index (χ4v) is 3.48. The van der Waals surface area contributed by atoms with Gasteiger partial charge in [-0.05, 0) is 38.7 Å². The average Bonchev–Trinajstić information content (AvgIpc) is 2.74. The lowest BCUT2D eigenvalue weighted by Crippen LogP contribution is -2.44. The third-order valence-electron chi connectivity index (χ3n) is 4.92. The summed E-state index contributed by atoms with van der Waals surface area (Å²) >= 11 is 0. The van der Waals surface area contributed by atoms with Gasteiger partial charge in [0.25, 0.3) is 5.84 Å². The largest absolute Gasteiger partial charge is 0.508 e. The Balaban J connectivity index is 2.07. The second-order valence-corrected chi connectivity index (χ2v) is 6.23. The van der Waals surface area contributed by atoms with Crippen molar-refractivity contribution in [1.29, 1.82) is 0 Å². The van der Waals surface area contributed by atoms with Crippen LogP contribution in [0, 0.1) is 13.8 Å². The van der Waals surface area contributed by atoms with E-state index in [0.717, 1.165) is 49.3 Å². The van der Waals surface area contributed by atoms with Gasteiger partial charge >= 0.3 is 0 Å². The van der Waals surface area contributed by atoms with Crippen molar-refractivity contribution in [2.75, 3.05) is 24.5 Å². The summed E-state index contributed by atoms with van der Waals surface area (Å²) < 4.78 is 2.46. The van der Waals surface area contributed by atoms with Gasteiger partial charge in [0.1, 0.15) is 5.75 Å². The van der Waals surface area contributed by atoms with Crippen molar-refractivity contribution < 1.29 is 14.8 Å². The molecule has 0 radical (unpaired) electrons. The molecule has 0 aromatic heterocycles. The molecule has 0 saturated heterocycles. The molecule has 1 aromatic rings. The number of aromatic hydroxyl groups is 2. The van der Waals surface area contributed by atoms with Crippen LogP contribution in [0.15, 0.2) is 6.07 Å². The minimum absolute atomic E-state index is 0.270. The minimum atomic E-state index is 0.270. The molecule has 0 fully saturated rings. The highest BCUT2D eigenvalue weighted by Crippen LogP contribution is 2.39. The molecule has 2 aliphatic heterocycles. The van der Waals surface area contributed by atoms with Gasteiger partial charge in [0, 0.05) is 24.5 Å². The van der Waals surface area contributed by atoms with Crippen molar-refractivity contribution >= 4 is 11.5 Å². The molecule has 0 bridgehead atoms. The zero-order valence-electron chi connectivity index (χ0n) is 13.0. The molecule has 2 aliphatic rings. The first-order valence-corrected chi connectivity index (χ1v) is 8.00. The maximum atomic E-state index is 10.5. The van der Waals surface area contributed by atoms with E-state index in [-0.39, 0.29) is 5.75 Å². The Morgan fingerprint density at radius 3 is 2.57 bits per heavy atom. The molecule has 2 heterocycles. The third-order valence-corrected chi connectivity index (χ3v) is 4.92. The van der Waals surface area contributed by atoms with E-state index in [1.54, 1.807) is 6.07 Å². The third kappa shape index (κ3) is 2.47. The number of phenolic OH excluding ortho intramolecular Hbond substituents is 2. The first-order chi connectivity index (χ1) is 10.1. The van der Waals surface area contributed by atoms with Crippen LogP contribution < -0.4 is 4.90 Å². The Bertz CT molecular complexity index is 593. The van der Waals surface area contributed by atoms with E-state index < -0.39 is 0 Å². The standard InChI is InChI=1S/C17H24N2O2/c1-12-13(2)17(21)14(11-15(12)20)19-10-6-9-18-8-5-3-4-7-16(18)19/h11H,3-10H2,1-2H3,(H-,20,21)/p+1. The highest BCUT2D eigenvalue weighted by Gasteiger charge is 2.32. The lowest BCUT2D eigenvalue weighted by molar-refractivity contribution is -0.532. The van der Waals surface area contributed by atoms with E-state index in [1.807, 2.05) is 13.8 Å². The second kappa shape index (κ2) is 5.58. The topological polar surface area (TPSA) is 46.7 Å². The van der Waals surface area contributed by atoms with E-state index in [0.29, 0.717) is 5.75 Å². The van der Waals surface area contributed by atoms with Gasteiger partial charge in [-0.1, -0.05) is 0 Å². The fourth-order valence-electron chi connectivity index (χ4n) is 3.48. The molecular formula is C17H25N2O2+. The van der Waals surface area contributed by atoms with Crippen LogP contribution in [0.3, 0.4) is 0 Å². The molecule has 0 atom stereocenters. The van der Waals surface area contributed by atoms with Crippen LogP contribution in [-0.2, 0) is 0 Å². The molecular weight excluding hydrogens is 264 g/mol. The smallest absolute Gasteiger partial charge is 0.252 e. The van der Waals surface area contributed by atoms with Crippen LogP contribution in [0.5, 0.6) is 11.5 Å². The average molecular weight is 289 g/mol. The molecule has 4 heteroatoms. The van der Waals surface area contributed by atoms with Gasteiger partial charge in [-0.25, -0.2) is 4.90 Å². The van der Waals surface area contributed by atoms with Gasteiger partial charge < -0.3 is 10.2 Å². The van der Waals surface area contributed by atoms with E-state index in [4.69, 9.17) is 0 Å². The van der Waals surface area contributed by atoms with Gasteiger partial charge in [-0.15, -0.1) is 0 Å². The Hall–Kier alpha value is -1.71. The number of hydrogen-bond acceptors (Lipinski definition) is 3. The first-order valence-electron chi connectivity index (χ1n) is 8.00. The normalized spacial score (nSPS) is 19.4. The summed E-state index contributed by atoms with van der Waals surface area (Å²) in [5.41, 5.74) is 2.30. The van der Waals surface area contributed by atoms with Crippen molar-refractivity contribution in [3.63, 3.8) is 0 Å². The molecule has 0 saturated carbocycles. The summed E-state index contributed by atoms with van der Waals surface area (Å²) in [6.07, 6.45) is 5.89. The highest BCUT2D eigenvalue weighted by atomic mass is 16.3. The lowest BCUT2D eigenvalue weighted by Gasteiger charge is -2.27. The van der Waals surface area contributed by atoms with E-state index in [2.05, 4.69) is 9.48 Å². The Kier molecular flexibility index (Phi) is 3.79. The molecule has 0 amide bonds. The number of amidine groups is 1. The van der Waals surface area contributed by atoms with Crippen molar-refractivity contribution in [1.82, 2.24) is 0 Å². The predicted molar refractivity (Wildman–Crippen MR) is 84.7 cm³/mol. The number of nitrogens with zero attached hydrogens (tertiary/aromatic N) is 2. The Morgan fingerprint density at radius 1 is 1.00 bits per heavy atom. The minimum Gasteiger partial charge on any atom is -0.508 e. The maximum Gasteiger partial charge on any atom is 0.252 e. The highest BCUT2D eigenvalue weighted by molar-refractivity contribution is 5.96. The van der Waals surface area contributed by atoms with E-state index in [9.17, 15) is 10.2 Å². The summed E-state index contributed by atoms with van der Waals surface area (Å²) in [4.78, 5) is 2.22. The quantitative estimate of drug-likeness (QED) is 0.617. The predicted octanol–water partition coefficient (Wildman–Crippen LogP) is 2.91. The van der Waals surface area contributed by atoms with Crippen LogP contribution in [0.25, 0.3) is 0 Å². The Labute approximate surface area is 126 Å². The first kappa shape index (κ1) is 14.2. The van der Waals surface area contributed by atoms with Crippen molar-refractivity contribution in [2.24, 2.45) is 0 Å². The van der Waals surface area contributed by atoms with Gasteiger partial charge in [0.05, 0.1) is 19.6 Å². The number of hydrogen-bond donors (Lipinski definition) is 2. The van der Waals surface area contributed by atoms with Gasteiger partial charge in [-0.2, -0.15) is 0 Å². The van der Waals surface area contributed by atoms with Crippen molar-refractivity contribution in [2.45, 2.75) is 46.0 Å². The van der Waals surface area contributed by atoms with E-state index >= 15 is 0 Å². The number of anilines is 1. The van der Waals surface area contributed by atoms with Crippen molar-refractivity contribution in [3.8, 4) is 11.5 Å². The number of phenols is 2. The zero-order chi connectivity index (χ0) is 15.0. The van der Waals surface area contributed by atoms with Crippen LogP contribution >= 0.6 is 0 Å². The van der Waals surface area contributed by atoms with Crippen LogP contribution in [0.4, 0.5) is 5.69 Å². The summed E-state index contributed by atoms with van der Waals surface area (Å²) in [5, 5.41) is 20.7. The summed E-state index contributed by atoms with van der Waals surface area (Å²) in [5.74, 6) is 1.90. The molecule has 2 N–H and O–H groups in total. The van der Waals surface area contributed by atoms with Crippen molar-refractivity contribution in [3.05, 3.63) is 17.2 Å². The molecule has 3 rings (SSSR count). The molecule has 1 aromatic carbocycles. The van der Waals surface area contributed by atoms with Crippen LogP contribution in [0.2, 0.25) is 0 Å². The summed E-state index contributed by atoms with van der Waals surface area (Å²) in [6.45, 7) is 6.86. The second-order valence-electron chi connectivity index (χ2n) is 6.23. The van der Waals surface area contributed by atoms with E-state index in [1.165, 1.54) is 25.1 Å². The van der Waals surface area contributed by atoms with Crippen LogP contribution in [-0.4, -0.2) is 40.3 Å². The molecule has 0 unspecified atom stereocenters. The monoisotopic (exact) mass is 289 g/mol. The number of rotatable bonds is 1. The number of benzene rings is 1. The fraction of sp³-hybridized carbons (Fsp3) is 0.588. The van der Waals surface area contributed by atoms with Gasteiger partial charge in [0.15, 0.2) is 11.4 Å². The zero-order valence-corrected chi connectivity index (χ0v) is 13.0. The summed E-state index contributed by atoms with van der Waals surface area (Å²) in [6, 6.07) is 1.72. The lowest BCUT2D eigenvalue weighted by atomic mass is 10.0. The van der Waals surface area contributed by atoms with Gasteiger partial charge in [-0.3, -0.25) is 4.58 Å². The van der Waals surface area contributed by atoms with Crippen LogP contribution in [0.1, 0.15) is 43.2 Å². The Morgan fingerprint density at radius 2 is 1.76 bits per heavy atom. The maximum absolute atomic E-state index is 10.5. The van der Waals surface area contributed by atoms with Gasteiger partial charge in [0.2, 0.25) is 0 Å². The molecule has 21 heavy (non-hydrogen) atoms. The molecule has 0 spiro atoms. The molecule has 0 aliphatic carbocycles.